The van der Waals surface area contributed by atoms with Gasteiger partial charge in [-0.3, -0.25) is 4.55 Å². The Kier molecular flexibility index (Phi) is 8.92. The number of aliphatic hydroxyl groups excluding tert-OH is 4. The van der Waals surface area contributed by atoms with E-state index in [1.165, 1.54) is 6.92 Å². The van der Waals surface area contributed by atoms with Crippen LogP contribution in [0.1, 0.15) is 92.4 Å². The van der Waals surface area contributed by atoms with Crippen LogP contribution >= 0.6 is 0 Å². The molecule has 0 aliphatic heterocycles. The van der Waals surface area contributed by atoms with E-state index in [4.69, 9.17) is 4.55 Å². The molecule has 0 aromatic rings. The highest BCUT2D eigenvalue weighted by Crippen LogP contribution is 2.69. The first kappa shape index (κ1) is 32.5. The molecule has 40 heavy (non-hydrogen) atoms. The molecule has 0 bridgehead atoms. The van der Waals surface area contributed by atoms with Crippen LogP contribution in [-0.2, 0) is 14.6 Å². The van der Waals surface area contributed by atoms with Gasteiger partial charge in [0.15, 0.2) is 0 Å². The van der Waals surface area contributed by atoms with E-state index in [2.05, 4.69) is 18.0 Å². The maximum Gasteiger partial charge on any atom is 0.397 e. The zero-order chi connectivity index (χ0) is 30.1. The molecule has 0 amide bonds. The summed E-state index contributed by atoms with van der Waals surface area (Å²) in [5.41, 5.74) is -3.84. The van der Waals surface area contributed by atoms with E-state index in [9.17, 15) is 39.1 Å². The van der Waals surface area contributed by atoms with Gasteiger partial charge in [-0.05, 0) is 92.8 Å². The lowest BCUT2D eigenvalue weighted by Crippen LogP contribution is -2.69. The van der Waals surface area contributed by atoms with Gasteiger partial charge in [-0.25, -0.2) is 4.18 Å². The van der Waals surface area contributed by atoms with Gasteiger partial charge in [0, 0.05) is 11.8 Å². The Morgan fingerprint density at radius 1 is 1.05 bits per heavy atom. The SMILES string of the molecule is CC[C@H](CC[C@@H](C)[C@H]1[C@@H](O)[C@H](O)[C@H]2[C@@H]3C[C@@H](O)[C@@]4(O)C[C@@H](O)CC[C@]4(C)[C@H]3CC[C@]12C)[C@@](C)(O)COS(=O)(=O)O. The van der Waals surface area contributed by atoms with Gasteiger partial charge in [0.1, 0.15) is 0 Å². The molecule has 0 heterocycles. The van der Waals surface area contributed by atoms with Crippen molar-refractivity contribution in [2.24, 2.45) is 46.3 Å². The molecule has 7 N–H and O–H groups in total. The summed E-state index contributed by atoms with van der Waals surface area (Å²) >= 11 is 0. The molecule has 4 fully saturated rings. The van der Waals surface area contributed by atoms with E-state index in [0.29, 0.717) is 38.5 Å². The Morgan fingerprint density at radius 2 is 1.70 bits per heavy atom. The van der Waals surface area contributed by atoms with Crippen LogP contribution in [0.2, 0.25) is 0 Å². The highest BCUT2D eigenvalue weighted by molar-refractivity contribution is 7.80. The summed E-state index contributed by atoms with van der Waals surface area (Å²) in [5, 5.41) is 67.2. The maximum absolute atomic E-state index is 11.7. The van der Waals surface area contributed by atoms with Crippen molar-refractivity contribution < 1.29 is 47.8 Å². The number of aliphatic hydroxyl groups is 6. The van der Waals surface area contributed by atoms with Gasteiger partial charge in [0.05, 0.1) is 42.2 Å². The van der Waals surface area contributed by atoms with Crippen LogP contribution < -0.4 is 0 Å². The van der Waals surface area contributed by atoms with Gasteiger partial charge in [0.25, 0.3) is 0 Å². The second-order valence-corrected chi connectivity index (χ2v) is 15.6. The fourth-order valence-corrected chi connectivity index (χ4v) is 10.7. The third kappa shape index (κ3) is 5.30. The topological polar surface area (TPSA) is 185 Å². The van der Waals surface area contributed by atoms with Crippen LogP contribution in [0.15, 0.2) is 0 Å². The Hall–Kier alpha value is -0.370. The predicted octanol–water partition coefficient (Wildman–Crippen LogP) is 2.05. The zero-order valence-electron chi connectivity index (χ0n) is 24.6. The molecule has 4 rings (SSSR count). The number of rotatable bonds is 9. The minimum absolute atomic E-state index is 0.0191. The van der Waals surface area contributed by atoms with Crippen molar-refractivity contribution in [2.45, 2.75) is 128 Å². The average molecular weight is 593 g/mol. The van der Waals surface area contributed by atoms with Crippen LogP contribution in [0, 0.1) is 46.3 Å². The quantitative estimate of drug-likeness (QED) is 0.195. The minimum atomic E-state index is -4.68. The standard InChI is InChI=1S/C29H52O10S/c1-6-17(28(5,34)15-39-40(36,37)38)8-7-16(2)22-24(32)25(33)23-19-13-21(31)29(35)14-18(30)9-12-27(29,4)20(19)10-11-26(22,23)3/h16-25,30-35H,6-15H2,1-5H3,(H,36,37,38)/t16-,17-,18+,19-,20+,21-,22+,23-,24-,25-,26-,27-,28+,29+/m1/s1. The lowest BCUT2D eigenvalue weighted by molar-refractivity contribution is -0.268. The summed E-state index contributed by atoms with van der Waals surface area (Å²) in [5.74, 6) is -0.807. The zero-order valence-corrected chi connectivity index (χ0v) is 25.4. The van der Waals surface area contributed by atoms with E-state index >= 15 is 0 Å². The molecular formula is C29H52O10S. The first-order valence-corrected chi connectivity index (χ1v) is 16.5. The number of fused-ring (bicyclic) bond motifs is 5. The third-order valence-corrected chi connectivity index (χ3v) is 12.9. The molecule has 0 saturated heterocycles. The summed E-state index contributed by atoms with van der Waals surface area (Å²) in [6.45, 7) is 9.05. The van der Waals surface area contributed by atoms with Crippen molar-refractivity contribution in [1.82, 2.24) is 0 Å². The van der Waals surface area contributed by atoms with E-state index in [0.717, 1.165) is 12.8 Å². The Labute approximate surface area is 239 Å². The summed E-state index contributed by atoms with van der Waals surface area (Å²) in [6, 6.07) is 0. The lowest BCUT2D eigenvalue weighted by Gasteiger charge is -2.65. The van der Waals surface area contributed by atoms with Gasteiger partial charge in [0.2, 0.25) is 0 Å². The second-order valence-electron chi connectivity index (χ2n) is 14.5. The lowest BCUT2D eigenvalue weighted by atomic mass is 9.42. The summed E-state index contributed by atoms with van der Waals surface area (Å²) < 4.78 is 35.5. The van der Waals surface area contributed by atoms with Crippen LogP contribution in [0.4, 0.5) is 0 Å². The van der Waals surface area contributed by atoms with E-state index in [1.54, 1.807) is 0 Å². The molecule has 4 aliphatic carbocycles. The molecule has 0 radical (unpaired) electrons. The molecule has 10 nitrogen and oxygen atoms in total. The van der Waals surface area contributed by atoms with Gasteiger partial charge >= 0.3 is 10.4 Å². The molecule has 14 atom stereocenters. The molecule has 0 aromatic heterocycles. The van der Waals surface area contributed by atoms with Crippen LogP contribution in [0.3, 0.4) is 0 Å². The Balaban J connectivity index is 1.53. The van der Waals surface area contributed by atoms with Crippen molar-refractivity contribution in [1.29, 1.82) is 0 Å². The molecule has 4 saturated carbocycles. The highest BCUT2D eigenvalue weighted by atomic mass is 32.3. The highest BCUT2D eigenvalue weighted by Gasteiger charge is 2.70. The minimum Gasteiger partial charge on any atom is -0.393 e. The molecule has 0 unspecified atom stereocenters. The maximum atomic E-state index is 11.7. The number of hydrogen-bond donors (Lipinski definition) is 7. The van der Waals surface area contributed by atoms with Crippen LogP contribution in [0.25, 0.3) is 0 Å². The van der Waals surface area contributed by atoms with E-state index in [-0.39, 0.29) is 41.9 Å². The molecule has 11 heteroatoms. The monoisotopic (exact) mass is 592 g/mol. The van der Waals surface area contributed by atoms with Crippen molar-refractivity contribution in [3.63, 3.8) is 0 Å². The van der Waals surface area contributed by atoms with Crippen molar-refractivity contribution in [2.75, 3.05) is 6.61 Å². The van der Waals surface area contributed by atoms with Gasteiger partial charge in [-0.2, -0.15) is 8.42 Å². The summed E-state index contributed by atoms with van der Waals surface area (Å²) in [6.07, 6.45) is 1.36. The van der Waals surface area contributed by atoms with Crippen molar-refractivity contribution in [3.8, 4) is 0 Å². The van der Waals surface area contributed by atoms with Gasteiger partial charge in [-0.15, -0.1) is 0 Å². The first-order valence-electron chi connectivity index (χ1n) is 15.1. The average Bonchev–Trinajstić information content (AvgIpc) is 3.05. The van der Waals surface area contributed by atoms with Crippen LogP contribution in [0.5, 0.6) is 0 Å². The first-order chi connectivity index (χ1) is 18.3. The third-order valence-electron chi connectivity index (χ3n) is 12.4. The molecule has 234 valence electrons. The molecular weight excluding hydrogens is 540 g/mol. The van der Waals surface area contributed by atoms with Gasteiger partial charge < -0.3 is 30.6 Å². The van der Waals surface area contributed by atoms with E-state index < -0.39 is 63.5 Å². The molecule has 0 spiro atoms. The summed E-state index contributed by atoms with van der Waals surface area (Å²) in [7, 11) is -4.68. The molecule has 0 aromatic carbocycles. The normalized spacial score (nSPS) is 48.4. The smallest absolute Gasteiger partial charge is 0.393 e. The Bertz CT molecular complexity index is 1020. The van der Waals surface area contributed by atoms with Gasteiger partial charge in [-0.1, -0.05) is 34.1 Å². The predicted molar refractivity (Wildman–Crippen MR) is 147 cm³/mol. The van der Waals surface area contributed by atoms with Crippen molar-refractivity contribution in [3.05, 3.63) is 0 Å². The fraction of sp³-hybridized carbons (Fsp3) is 1.00. The Morgan fingerprint density at radius 3 is 2.30 bits per heavy atom. The summed E-state index contributed by atoms with van der Waals surface area (Å²) in [4.78, 5) is 0. The second kappa shape index (κ2) is 11.0. The fourth-order valence-electron chi connectivity index (χ4n) is 10.3. The van der Waals surface area contributed by atoms with Crippen molar-refractivity contribution >= 4 is 10.4 Å². The molecule has 4 aliphatic rings. The number of hydrogen-bond acceptors (Lipinski definition) is 9. The van der Waals surface area contributed by atoms with E-state index in [1.807, 2.05) is 13.8 Å². The van der Waals surface area contributed by atoms with Crippen LogP contribution in [-0.4, -0.2) is 85.8 Å². The largest absolute Gasteiger partial charge is 0.397 e.